The van der Waals surface area contributed by atoms with Gasteiger partial charge in [0.15, 0.2) is 0 Å². The topological polar surface area (TPSA) is 28.2 Å². The Hall–Kier alpha value is -0.160. The van der Waals surface area contributed by atoms with Crippen molar-refractivity contribution in [2.24, 2.45) is 0 Å². The van der Waals surface area contributed by atoms with E-state index in [1.54, 1.807) is 0 Å². The first-order valence-electron chi connectivity index (χ1n) is 5.03. The number of nitrogens with zero attached hydrogens (tertiary/aromatic N) is 2. The summed E-state index contributed by atoms with van der Waals surface area (Å²) in [4.78, 5) is 8.05. The van der Waals surface area contributed by atoms with Crippen LogP contribution < -0.4 is 5.32 Å². The lowest BCUT2D eigenvalue weighted by Crippen LogP contribution is -2.26. The molecule has 1 heterocycles. The van der Waals surface area contributed by atoms with Crippen LogP contribution >= 0.6 is 23.7 Å². The Morgan fingerprint density at radius 3 is 2.80 bits per heavy atom. The lowest BCUT2D eigenvalue weighted by molar-refractivity contribution is 0.327. The van der Waals surface area contributed by atoms with Crippen molar-refractivity contribution in [3.05, 3.63) is 16.1 Å². The molecule has 5 heteroatoms. The first-order chi connectivity index (χ1) is 6.76. The number of likely N-dealkylation sites (N-methyl/N-ethyl adjacent to an activating group) is 2. The molecular formula is C10H20ClN3S. The van der Waals surface area contributed by atoms with Crippen molar-refractivity contribution >= 4 is 23.7 Å². The van der Waals surface area contributed by atoms with E-state index in [2.05, 4.69) is 29.2 Å². The van der Waals surface area contributed by atoms with Crippen LogP contribution in [0.4, 0.5) is 0 Å². The Kier molecular flexibility index (Phi) is 7.96. The monoisotopic (exact) mass is 249 g/mol. The summed E-state index contributed by atoms with van der Waals surface area (Å²) >= 11 is 1.82. The Balaban J connectivity index is 0.00000196. The lowest BCUT2D eigenvalue weighted by atomic mass is 10.4. The zero-order chi connectivity index (χ0) is 10.4. The zero-order valence-corrected chi connectivity index (χ0v) is 11.2. The molecule has 88 valence electrons. The molecule has 0 saturated heterocycles. The quantitative estimate of drug-likeness (QED) is 0.833. The number of aryl methyl sites for hydroxylation is 1. The summed E-state index contributed by atoms with van der Waals surface area (Å²) in [6.45, 7) is 5.23. The van der Waals surface area contributed by atoms with E-state index < -0.39 is 0 Å². The van der Waals surface area contributed by atoms with Crippen molar-refractivity contribution in [2.45, 2.75) is 19.9 Å². The maximum Gasteiger partial charge on any atom is 0.107 e. The molecule has 0 spiro atoms. The van der Waals surface area contributed by atoms with E-state index in [1.165, 1.54) is 9.88 Å². The van der Waals surface area contributed by atoms with Gasteiger partial charge in [0.2, 0.25) is 0 Å². The van der Waals surface area contributed by atoms with Crippen LogP contribution in [0.1, 0.15) is 16.8 Å². The largest absolute Gasteiger partial charge is 0.318 e. The molecule has 0 saturated carbocycles. The van der Waals surface area contributed by atoms with Crippen molar-refractivity contribution < 1.29 is 0 Å². The van der Waals surface area contributed by atoms with E-state index in [1.807, 2.05) is 24.6 Å². The van der Waals surface area contributed by atoms with Gasteiger partial charge in [-0.15, -0.1) is 23.7 Å². The van der Waals surface area contributed by atoms with E-state index >= 15 is 0 Å². The third-order valence-corrected chi connectivity index (χ3v) is 3.23. The van der Waals surface area contributed by atoms with Crippen LogP contribution in [-0.2, 0) is 13.0 Å². The smallest absolute Gasteiger partial charge is 0.107 e. The Morgan fingerprint density at radius 2 is 2.27 bits per heavy atom. The standard InChI is InChI=1S/C10H19N3S.ClH/c1-4-9-7-12-10(14-9)8-13(3)6-5-11-2;/h7,11H,4-6,8H2,1-3H3;1H. The van der Waals surface area contributed by atoms with Gasteiger partial charge >= 0.3 is 0 Å². The summed E-state index contributed by atoms with van der Waals surface area (Å²) in [5.41, 5.74) is 0. The first-order valence-corrected chi connectivity index (χ1v) is 5.84. The number of hydrogen-bond donors (Lipinski definition) is 1. The predicted molar refractivity (Wildman–Crippen MR) is 69.0 cm³/mol. The van der Waals surface area contributed by atoms with Crippen LogP contribution in [-0.4, -0.2) is 37.1 Å². The highest BCUT2D eigenvalue weighted by Crippen LogP contribution is 2.14. The van der Waals surface area contributed by atoms with Gasteiger partial charge in [-0.05, 0) is 20.5 Å². The second kappa shape index (κ2) is 8.05. The molecular weight excluding hydrogens is 230 g/mol. The summed E-state index contributed by atoms with van der Waals surface area (Å²) in [7, 11) is 4.11. The summed E-state index contributed by atoms with van der Waals surface area (Å²) in [5.74, 6) is 0. The maximum absolute atomic E-state index is 4.39. The lowest BCUT2D eigenvalue weighted by Gasteiger charge is -2.13. The molecule has 1 N–H and O–H groups in total. The van der Waals surface area contributed by atoms with Crippen molar-refractivity contribution in [2.75, 3.05) is 27.2 Å². The molecule has 0 aliphatic rings. The number of hydrogen-bond acceptors (Lipinski definition) is 4. The van der Waals surface area contributed by atoms with E-state index in [0.29, 0.717) is 0 Å². The second-order valence-corrected chi connectivity index (χ2v) is 4.61. The molecule has 3 nitrogen and oxygen atoms in total. The molecule has 1 aromatic heterocycles. The fraction of sp³-hybridized carbons (Fsp3) is 0.700. The van der Waals surface area contributed by atoms with Gasteiger partial charge in [0.05, 0.1) is 6.54 Å². The minimum Gasteiger partial charge on any atom is -0.318 e. The third kappa shape index (κ3) is 5.47. The Bertz CT molecular complexity index is 265. The van der Waals surface area contributed by atoms with Gasteiger partial charge in [-0.25, -0.2) is 4.98 Å². The van der Waals surface area contributed by atoms with Gasteiger partial charge in [0.1, 0.15) is 5.01 Å². The molecule has 0 unspecified atom stereocenters. The molecule has 1 aromatic rings. The average molecular weight is 250 g/mol. The van der Waals surface area contributed by atoms with Crippen LogP contribution in [0.15, 0.2) is 6.20 Å². The summed E-state index contributed by atoms with van der Waals surface area (Å²) in [5, 5.41) is 4.36. The van der Waals surface area contributed by atoms with Crippen molar-refractivity contribution in [1.29, 1.82) is 0 Å². The van der Waals surface area contributed by atoms with Gasteiger partial charge in [-0.2, -0.15) is 0 Å². The molecule has 0 aliphatic carbocycles. The number of nitrogens with one attached hydrogen (secondary N) is 1. The molecule has 0 aromatic carbocycles. The fourth-order valence-electron chi connectivity index (χ4n) is 1.20. The summed E-state index contributed by atoms with van der Waals surface area (Å²) in [6.07, 6.45) is 3.09. The molecule has 0 amide bonds. The van der Waals surface area contributed by atoms with Gasteiger partial charge in [0, 0.05) is 24.2 Å². The summed E-state index contributed by atoms with van der Waals surface area (Å²) in [6, 6.07) is 0. The van der Waals surface area contributed by atoms with E-state index in [0.717, 1.165) is 26.1 Å². The first kappa shape index (κ1) is 14.8. The minimum atomic E-state index is 0. The predicted octanol–water partition coefficient (Wildman–Crippen LogP) is 1.78. The highest BCUT2D eigenvalue weighted by molar-refractivity contribution is 7.11. The van der Waals surface area contributed by atoms with Crippen molar-refractivity contribution in [3.8, 4) is 0 Å². The van der Waals surface area contributed by atoms with Crippen LogP contribution in [0.25, 0.3) is 0 Å². The average Bonchev–Trinajstić information content (AvgIpc) is 2.62. The highest BCUT2D eigenvalue weighted by atomic mass is 35.5. The normalized spacial score (nSPS) is 10.4. The van der Waals surface area contributed by atoms with Crippen LogP contribution in [0.5, 0.6) is 0 Å². The van der Waals surface area contributed by atoms with E-state index in [4.69, 9.17) is 0 Å². The van der Waals surface area contributed by atoms with Crippen LogP contribution in [0.2, 0.25) is 0 Å². The number of aromatic nitrogens is 1. The molecule has 15 heavy (non-hydrogen) atoms. The SMILES string of the molecule is CCc1cnc(CN(C)CCNC)s1.Cl. The van der Waals surface area contributed by atoms with Crippen molar-refractivity contribution in [1.82, 2.24) is 15.2 Å². The van der Waals surface area contributed by atoms with Crippen LogP contribution in [0, 0.1) is 0 Å². The number of thiazole rings is 1. The second-order valence-electron chi connectivity index (χ2n) is 3.42. The number of halogens is 1. The fourth-order valence-corrected chi connectivity index (χ4v) is 2.14. The number of rotatable bonds is 6. The van der Waals surface area contributed by atoms with E-state index in [9.17, 15) is 0 Å². The van der Waals surface area contributed by atoms with Crippen LogP contribution in [0.3, 0.4) is 0 Å². The van der Waals surface area contributed by atoms with Gasteiger partial charge < -0.3 is 5.32 Å². The molecule has 0 fully saturated rings. The third-order valence-electron chi connectivity index (χ3n) is 2.10. The van der Waals surface area contributed by atoms with E-state index in [-0.39, 0.29) is 12.4 Å². The highest BCUT2D eigenvalue weighted by Gasteiger charge is 2.03. The minimum absolute atomic E-state index is 0. The van der Waals surface area contributed by atoms with Crippen molar-refractivity contribution in [3.63, 3.8) is 0 Å². The van der Waals surface area contributed by atoms with Gasteiger partial charge in [-0.1, -0.05) is 6.92 Å². The molecule has 0 atom stereocenters. The van der Waals surface area contributed by atoms with Gasteiger partial charge in [0.25, 0.3) is 0 Å². The summed E-state index contributed by atoms with van der Waals surface area (Å²) < 4.78 is 0. The maximum atomic E-state index is 4.39. The Labute approximate surface area is 102 Å². The molecule has 0 bridgehead atoms. The Morgan fingerprint density at radius 1 is 1.53 bits per heavy atom. The zero-order valence-electron chi connectivity index (χ0n) is 9.62. The molecule has 1 rings (SSSR count). The molecule has 0 aliphatic heterocycles. The van der Waals surface area contributed by atoms with Gasteiger partial charge in [-0.3, -0.25) is 4.90 Å². The molecule has 0 radical (unpaired) electrons.